The molecule has 1 fully saturated rings. The van der Waals surface area contributed by atoms with Crippen LogP contribution in [0.15, 0.2) is 29.3 Å². The van der Waals surface area contributed by atoms with Crippen LogP contribution in [0, 0.1) is 5.82 Å². The van der Waals surface area contributed by atoms with Crippen molar-refractivity contribution >= 4 is 22.8 Å². The highest BCUT2D eigenvalue weighted by Gasteiger charge is 2.57. The largest absolute Gasteiger partial charge is 0.388 e. The van der Waals surface area contributed by atoms with Crippen LogP contribution in [0.25, 0.3) is 0 Å². The Morgan fingerprint density at radius 1 is 1.33 bits per heavy atom. The molecule has 1 aromatic carbocycles. The summed E-state index contributed by atoms with van der Waals surface area (Å²) in [6, 6.07) is 6.06. The van der Waals surface area contributed by atoms with E-state index in [1.165, 1.54) is 23.9 Å². The van der Waals surface area contributed by atoms with Gasteiger partial charge >= 0.3 is 0 Å². The molecule has 130 valence electrons. The minimum absolute atomic E-state index is 0.128. The Morgan fingerprint density at radius 3 is 2.58 bits per heavy atom. The number of nitrogens with zero attached hydrogens (tertiary/aromatic N) is 1. The van der Waals surface area contributed by atoms with Crippen molar-refractivity contribution in [3.63, 3.8) is 0 Å². The molecule has 1 amide bonds. The molecule has 0 radical (unpaired) electrons. The van der Waals surface area contributed by atoms with Crippen LogP contribution in [0.3, 0.4) is 0 Å². The molecule has 0 aliphatic carbocycles. The van der Waals surface area contributed by atoms with Gasteiger partial charge in [-0.1, -0.05) is 23.9 Å². The zero-order valence-corrected chi connectivity index (χ0v) is 14.5. The first-order chi connectivity index (χ1) is 11.3. The van der Waals surface area contributed by atoms with Crippen molar-refractivity contribution in [3.8, 4) is 0 Å². The normalized spacial score (nSPS) is 27.7. The highest BCUT2D eigenvalue weighted by molar-refractivity contribution is 8.16. The number of carbonyl (C=O) groups is 1. The van der Waals surface area contributed by atoms with Crippen LogP contribution in [-0.2, 0) is 9.53 Å². The van der Waals surface area contributed by atoms with E-state index in [0.717, 1.165) is 5.56 Å². The minimum atomic E-state index is -1.13. The number of rotatable bonds is 3. The van der Waals surface area contributed by atoms with Crippen molar-refractivity contribution in [2.45, 2.75) is 43.1 Å². The quantitative estimate of drug-likeness (QED) is 0.874. The van der Waals surface area contributed by atoms with Crippen LogP contribution in [0.5, 0.6) is 0 Å². The second kappa shape index (κ2) is 6.46. The number of amidine groups is 1. The van der Waals surface area contributed by atoms with Gasteiger partial charge in [0.25, 0.3) is 5.91 Å². The summed E-state index contributed by atoms with van der Waals surface area (Å²) in [5.74, 6) is -0.617. The maximum Gasteiger partial charge on any atom is 0.267 e. The molecule has 24 heavy (non-hydrogen) atoms. The number of benzene rings is 1. The number of carbonyl (C=O) groups excluding carboxylic acids is 1. The van der Waals surface area contributed by atoms with Crippen molar-refractivity contribution < 1.29 is 19.0 Å². The van der Waals surface area contributed by atoms with Gasteiger partial charge in [0, 0.05) is 26.1 Å². The summed E-state index contributed by atoms with van der Waals surface area (Å²) in [5, 5.41) is 14.6. The van der Waals surface area contributed by atoms with Gasteiger partial charge in [0.05, 0.1) is 11.6 Å². The molecule has 1 aromatic rings. The van der Waals surface area contributed by atoms with Crippen molar-refractivity contribution in [2.75, 3.05) is 13.2 Å². The van der Waals surface area contributed by atoms with Gasteiger partial charge in [-0.05, 0) is 31.5 Å². The lowest BCUT2D eigenvalue weighted by Crippen LogP contribution is -2.56. The van der Waals surface area contributed by atoms with E-state index in [0.29, 0.717) is 31.2 Å². The van der Waals surface area contributed by atoms with E-state index >= 15 is 0 Å². The molecule has 7 heteroatoms. The number of aliphatic imine (C=N–C) groups is 1. The van der Waals surface area contributed by atoms with Gasteiger partial charge in [-0.2, -0.15) is 4.99 Å². The van der Waals surface area contributed by atoms with E-state index in [1.807, 2.05) is 6.92 Å². The molecule has 1 unspecified atom stereocenters. The van der Waals surface area contributed by atoms with E-state index in [1.54, 1.807) is 19.1 Å². The smallest absolute Gasteiger partial charge is 0.267 e. The molecular formula is C17H21FN2O3S. The SMILES string of the molecule is C[C@@H](NC1=NC(=O)C(C)(C2(O)CCOCC2)S1)c1ccc(F)cc1. The van der Waals surface area contributed by atoms with E-state index in [2.05, 4.69) is 10.3 Å². The molecule has 2 N–H and O–H groups in total. The fraction of sp³-hybridized carbons (Fsp3) is 0.529. The fourth-order valence-corrected chi connectivity index (χ4v) is 4.30. The third kappa shape index (κ3) is 3.08. The number of hydrogen-bond donors (Lipinski definition) is 2. The lowest BCUT2D eigenvalue weighted by Gasteiger charge is -2.42. The Bertz CT molecular complexity index is 658. The summed E-state index contributed by atoms with van der Waals surface area (Å²) in [6.07, 6.45) is 0.830. The molecular weight excluding hydrogens is 331 g/mol. The van der Waals surface area contributed by atoms with Gasteiger partial charge in [-0.25, -0.2) is 4.39 Å². The third-order valence-corrected chi connectivity index (χ3v) is 6.20. The molecule has 2 aliphatic heterocycles. The molecule has 3 rings (SSSR count). The number of thioether (sulfide) groups is 1. The Kier molecular flexibility index (Phi) is 4.68. The van der Waals surface area contributed by atoms with E-state index in [-0.39, 0.29) is 17.8 Å². The summed E-state index contributed by atoms with van der Waals surface area (Å²) in [6.45, 7) is 4.54. The van der Waals surface area contributed by atoms with Gasteiger partial charge in [0.15, 0.2) is 5.17 Å². The molecule has 2 heterocycles. The lowest BCUT2D eigenvalue weighted by atomic mass is 9.81. The molecule has 2 atom stereocenters. The van der Waals surface area contributed by atoms with E-state index in [4.69, 9.17) is 4.74 Å². The highest BCUT2D eigenvalue weighted by Crippen LogP contribution is 2.46. The number of aliphatic hydroxyl groups is 1. The number of nitrogens with one attached hydrogen (secondary N) is 1. The van der Waals surface area contributed by atoms with E-state index in [9.17, 15) is 14.3 Å². The number of hydrogen-bond acceptors (Lipinski definition) is 5. The summed E-state index contributed by atoms with van der Waals surface area (Å²) in [5.41, 5.74) is -0.232. The molecule has 0 saturated carbocycles. The van der Waals surface area contributed by atoms with Crippen molar-refractivity contribution in [2.24, 2.45) is 4.99 Å². The van der Waals surface area contributed by atoms with Crippen LogP contribution in [0.4, 0.5) is 4.39 Å². The number of ether oxygens (including phenoxy) is 1. The molecule has 2 aliphatic rings. The third-order valence-electron chi connectivity index (χ3n) is 4.83. The zero-order chi connectivity index (χ0) is 17.4. The Hall–Kier alpha value is -1.44. The first-order valence-corrected chi connectivity index (χ1v) is 8.80. The first kappa shape index (κ1) is 17.4. The monoisotopic (exact) mass is 352 g/mol. The van der Waals surface area contributed by atoms with Gasteiger partial charge < -0.3 is 15.2 Å². The fourth-order valence-electron chi connectivity index (χ4n) is 3.02. The van der Waals surface area contributed by atoms with Crippen molar-refractivity contribution in [1.82, 2.24) is 5.32 Å². The van der Waals surface area contributed by atoms with Crippen LogP contribution in [0.1, 0.15) is 38.3 Å². The Morgan fingerprint density at radius 2 is 1.96 bits per heavy atom. The molecule has 1 saturated heterocycles. The molecule has 0 aromatic heterocycles. The standard InChI is InChI=1S/C17H21FN2O3S/c1-11(12-3-5-13(18)6-4-12)19-15-20-14(21)16(2,24-15)17(22)7-9-23-10-8-17/h3-6,11,22H,7-10H2,1-2H3,(H,19,20,21)/t11-,16?/m1/s1. The predicted octanol–water partition coefficient (Wildman–Crippen LogP) is 2.41. The lowest BCUT2D eigenvalue weighted by molar-refractivity contribution is -0.133. The average Bonchev–Trinajstić information content (AvgIpc) is 2.84. The van der Waals surface area contributed by atoms with Gasteiger partial charge in [0.1, 0.15) is 10.6 Å². The second-order valence-electron chi connectivity index (χ2n) is 6.42. The number of amides is 1. The summed E-state index contributed by atoms with van der Waals surface area (Å²) in [7, 11) is 0. The van der Waals surface area contributed by atoms with E-state index < -0.39 is 10.3 Å². The second-order valence-corrected chi connectivity index (χ2v) is 7.83. The average molecular weight is 352 g/mol. The van der Waals surface area contributed by atoms with Gasteiger partial charge in [-0.3, -0.25) is 4.79 Å². The Balaban J connectivity index is 1.71. The van der Waals surface area contributed by atoms with Crippen LogP contribution in [-0.4, -0.2) is 39.7 Å². The first-order valence-electron chi connectivity index (χ1n) is 7.98. The van der Waals surface area contributed by atoms with Crippen molar-refractivity contribution in [1.29, 1.82) is 0 Å². The zero-order valence-electron chi connectivity index (χ0n) is 13.7. The summed E-state index contributed by atoms with van der Waals surface area (Å²) >= 11 is 1.26. The maximum absolute atomic E-state index is 13.0. The summed E-state index contributed by atoms with van der Waals surface area (Å²) in [4.78, 5) is 16.6. The van der Waals surface area contributed by atoms with Crippen LogP contribution < -0.4 is 5.32 Å². The molecule has 5 nitrogen and oxygen atoms in total. The van der Waals surface area contributed by atoms with Crippen LogP contribution >= 0.6 is 11.8 Å². The highest BCUT2D eigenvalue weighted by atomic mass is 32.2. The Labute approximate surface area is 144 Å². The number of halogens is 1. The van der Waals surface area contributed by atoms with Crippen molar-refractivity contribution in [3.05, 3.63) is 35.6 Å². The summed E-state index contributed by atoms with van der Waals surface area (Å²) < 4.78 is 17.3. The topological polar surface area (TPSA) is 70.9 Å². The molecule has 0 bridgehead atoms. The predicted molar refractivity (Wildman–Crippen MR) is 91.4 cm³/mol. The van der Waals surface area contributed by atoms with Gasteiger partial charge in [-0.15, -0.1) is 0 Å². The minimum Gasteiger partial charge on any atom is -0.388 e. The maximum atomic E-state index is 13.0. The molecule has 0 spiro atoms. The van der Waals surface area contributed by atoms with Crippen LogP contribution in [0.2, 0.25) is 0 Å². The van der Waals surface area contributed by atoms with Gasteiger partial charge in [0.2, 0.25) is 0 Å².